The van der Waals surface area contributed by atoms with Crippen molar-refractivity contribution >= 4 is 27.7 Å². The van der Waals surface area contributed by atoms with E-state index in [1.165, 1.54) is 0 Å². The van der Waals surface area contributed by atoms with Crippen molar-refractivity contribution in [2.75, 3.05) is 6.61 Å². The van der Waals surface area contributed by atoms with Crippen LogP contribution in [-0.4, -0.2) is 35.4 Å². The van der Waals surface area contributed by atoms with Crippen molar-refractivity contribution in [2.45, 2.75) is 45.8 Å². The van der Waals surface area contributed by atoms with Crippen molar-refractivity contribution in [3.63, 3.8) is 0 Å². The van der Waals surface area contributed by atoms with Crippen LogP contribution in [0.1, 0.15) is 30.5 Å². The van der Waals surface area contributed by atoms with Crippen molar-refractivity contribution in [1.82, 2.24) is 10.2 Å². The van der Waals surface area contributed by atoms with Crippen LogP contribution in [0.3, 0.4) is 0 Å². The molecule has 0 saturated heterocycles. The number of amides is 2. The monoisotopic (exact) mass is 522 g/mol. The van der Waals surface area contributed by atoms with E-state index in [4.69, 9.17) is 4.74 Å². The fourth-order valence-corrected chi connectivity index (χ4v) is 3.90. The molecule has 6 heteroatoms. The average Bonchev–Trinajstić information content (AvgIpc) is 2.82. The third kappa shape index (κ3) is 7.45. The number of aryl methyl sites for hydroxylation is 1. The summed E-state index contributed by atoms with van der Waals surface area (Å²) in [5.41, 5.74) is 2.96. The first-order chi connectivity index (χ1) is 16.3. The predicted molar refractivity (Wildman–Crippen MR) is 139 cm³/mol. The van der Waals surface area contributed by atoms with Gasteiger partial charge in [-0.1, -0.05) is 76.6 Å². The minimum atomic E-state index is -0.673. The summed E-state index contributed by atoms with van der Waals surface area (Å²) in [7, 11) is 0. The molecule has 0 heterocycles. The van der Waals surface area contributed by atoms with Crippen LogP contribution in [-0.2, 0) is 22.6 Å². The molecule has 1 unspecified atom stereocenters. The van der Waals surface area contributed by atoms with Crippen molar-refractivity contribution in [3.8, 4) is 5.75 Å². The number of hydrogen-bond donors (Lipinski definition) is 1. The number of ether oxygens (including phenoxy) is 1. The number of halogens is 1. The van der Waals surface area contributed by atoms with Crippen LogP contribution >= 0.6 is 15.9 Å². The molecule has 0 bridgehead atoms. The molecule has 34 heavy (non-hydrogen) atoms. The first-order valence-electron chi connectivity index (χ1n) is 11.4. The summed E-state index contributed by atoms with van der Waals surface area (Å²) in [6, 6.07) is 24.4. The molecule has 3 rings (SSSR count). The molecular weight excluding hydrogens is 492 g/mol. The lowest BCUT2D eigenvalue weighted by atomic mass is 10.0. The second kappa shape index (κ2) is 12.4. The normalized spacial score (nSPS) is 11.7. The first kappa shape index (κ1) is 25.5. The molecule has 0 aliphatic rings. The number of carbonyl (C=O) groups excluding carboxylic acids is 2. The summed E-state index contributed by atoms with van der Waals surface area (Å²) in [4.78, 5) is 28.4. The van der Waals surface area contributed by atoms with E-state index in [0.717, 1.165) is 21.2 Å². The smallest absolute Gasteiger partial charge is 0.261 e. The van der Waals surface area contributed by atoms with Gasteiger partial charge in [0.2, 0.25) is 5.91 Å². The SMILES string of the molecule is Cc1cc(OCC(=O)N(Cc2ccccc2)C(Cc2ccccc2)C(=O)NC(C)C)ccc1Br. The number of benzene rings is 3. The van der Waals surface area contributed by atoms with Gasteiger partial charge in [0.1, 0.15) is 11.8 Å². The molecular formula is C28H31BrN2O3. The van der Waals surface area contributed by atoms with Gasteiger partial charge in [0.15, 0.2) is 6.61 Å². The van der Waals surface area contributed by atoms with Crippen molar-refractivity contribution < 1.29 is 14.3 Å². The van der Waals surface area contributed by atoms with Gasteiger partial charge in [-0.3, -0.25) is 9.59 Å². The summed E-state index contributed by atoms with van der Waals surface area (Å²) in [6.45, 7) is 5.95. The van der Waals surface area contributed by atoms with Crippen LogP contribution in [0.2, 0.25) is 0 Å². The average molecular weight is 523 g/mol. The molecule has 1 N–H and O–H groups in total. The summed E-state index contributed by atoms with van der Waals surface area (Å²) in [5, 5.41) is 2.99. The van der Waals surface area contributed by atoms with Crippen molar-refractivity contribution in [2.24, 2.45) is 0 Å². The number of nitrogens with one attached hydrogen (secondary N) is 1. The molecule has 3 aromatic carbocycles. The van der Waals surface area contributed by atoms with Gasteiger partial charge in [0.05, 0.1) is 0 Å². The molecule has 1 atom stereocenters. The molecule has 2 amide bonds. The van der Waals surface area contributed by atoms with Crippen molar-refractivity contribution in [1.29, 1.82) is 0 Å². The lowest BCUT2D eigenvalue weighted by Gasteiger charge is -2.32. The number of carbonyl (C=O) groups is 2. The molecule has 0 saturated carbocycles. The molecule has 5 nitrogen and oxygen atoms in total. The Kier molecular flexibility index (Phi) is 9.28. The Hall–Kier alpha value is -3.12. The quantitative estimate of drug-likeness (QED) is 0.393. The highest BCUT2D eigenvalue weighted by molar-refractivity contribution is 9.10. The highest BCUT2D eigenvalue weighted by Gasteiger charge is 2.31. The first-order valence-corrected chi connectivity index (χ1v) is 12.2. The molecule has 0 aromatic heterocycles. The van der Waals surface area contributed by atoms with E-state index in [0.29, 0.717) is 18.7 Å². The van der Waals surface area contributed by atoms with E-state index in [1.54, 1.807) is 4.90 Å². The van der Waals surface area contributed by atoms with E-state index < -0.39 is 6.04 Å². The molecule has 0 spiro atoms. The Bertz CT molecular complexity index is 1090. The van der Waals surface area contributed by atoms with E-state index in [1.807, 2.05) is 99.6 Å². The lowest BCUT2D eigenvalue weighted by Crippen LogP contribution is -2.52. The van der Waals surface area contributed by atoms with Gasteiger partial charge in [-0.15, -0.1) is 0 Å². The van der Waals surface area contributed by atoms with Crippen LogP contribution in [0.15, 0.2) is 83.3 Å². The Morgan fingerprint density at radius 3 is 2.15 bits per heavy atom. The van der Waals surface area contributed by atoms with Crippen LogP contribution in [0.25, 0.3) is 0 Å². The zero-order valence-corrected chi connectivity index (χ0v) is 21.4. The van der Waals surface area contributed by atoms with E-state index in [-0.39, 0.29) is 24.5 Å². The maximum absolute atomic E-state index is 13.5. The summed E-state index contributed by atoms with van der Waals surface area (Å²) >= 11 is 3.48. The van der Waals surface area contributed by atoms with Crippen LogP contribution < -0.4 is 10.1 Å². The molecule has 178 valence electrons. The second-order valence-electron chi connectivity index (χ2n) is 8.58. The largest absolute Gasteiger partial charge is 0.484 e. The number of rotatable bonds is 10. The van der Waals surface area contributed by atoms with Gasteiger partial charge in [0, 0.05) is 23.5 Å². The molecule has 0 aliphatic heterocycles. The third-order valence-corrected chi connectivity index (χ3v) is 6.28. The van der Waals surface area contributed by atoms with Gasteiger partial charge in [-0.05, 0) is 55.7 Å². The molecule has 0 aliphatic carbocycles. The van der Waals surface area contributed by atoms with Gasteiger partial charge in [-0.2, -0.15) is 0 Å². The summed E-state index contributed by atoms with van der Waals surface area (Å²) in [6.07, 6.45) is 0.412. The fraction of sp³-hybridized carbons (Fsp3) is 0.286. The second-order valence-corrected chi connectivity index (χ2v) is 9.43. The van der Waals surface area contributed by atoms with Gasteiger partial charge in [-0.25, -0.2) is 0 Å². The number of hydrogen-bond acceptors (Lipinski definition) is 3. The van der Waals surface area contributed by atoms with Crippen LogP contribution in [0, 0.1) is 6.92 Å². The fourth-order valence-electron chi connectivity index (χ4n) is 3.65. The van der Waals surface area contributed by atoms with Gasteiger partial charge < -0.3 is 15.0 Å². The Labute approximate surface area is 210 Å². The van der Waals surface area contributed by atoms with E-state index in [2.05, 4.69) is 21.2 Å². The molecule has 0 fully saturated rings. The molecule has 3 aromatic rings. The Morgan fingerprint density at radius 2 is 1.56 bits per heavy atom. The van der Waals surface area contributed by atoms with E-state index >= 15 is 0 Å². The minimum Gasteiger partial charge on any atom is -0.484 e. The summed E-state index contributed by atoms with van der Waals surface area (Å²) in [5.74, 6) is 0.187. The van der Waals surface area contributed by atoms with Crippen LogP contribution in [0.5, 0.6) is 5.75 Å². The Balaban J connectivity index is 1.88. The van der Waals surface area contributed by atoms with Crippen LogP contribution in [0.4, 0.5) is 0 Å². The predicted octanol–water partition coefficient (Wildman–Crippen LogP) is 5.30. The highest BCUT2D eigenvalue weighted by Crippen LogP contribution is 2.22. The standard InChI is InChI=1S/C28H31BrN2O3/c1-20(2)30-28(33)26(17-22-10-6-4-7-11-22)31(18-23-12-8-5-9-13-23)27(32)19-34-24-14-15-25(29)21(3)16-24/h4-16,20,26H,17-19H2,1-3H3,(H,30,33). The Morgan fingerprint density at radius 1 is 0.941 bits per heavy atom. The highest BCUT2D eigenvalue weighted by atomic mass is 79.9. The molecule has 0 radical (unpaired) electrons. The maximum Gasteiger partial charge on any atom is 0.261 e. The number of nitrogens with zero attached hydrogens (tertiary/aromatic N) is 1. The maximum atomic E-state index is 13.5. The third-order valence-electron chi connectivity index (χ3n) is 5.39. The topological polar surface area (TPSA) is 58.6 Å². The lowest BCUT2D eigenvalue weighted by molar-refractivity contribution is -0.143. The van der Waals surface area contributed by atoms with Crippen molar-refractivity contribution in [3.05, 3.63) is 100 Å². The van der Waals surface area contributed by atoms with Gasteiger partial charge in [0.25, 0.3) is 5.91 Å². The summed E-state index contributed by atoms with van der Waals surface area (Å²) < 4.78 is 6.82. The van der Waals surface area contributed by atoms with Gasteiger partial charge >= 0.3 is 0 Å². The zero-order valence-electron chi connectivity index (χ0n) is 19.8. The van der Waals surface area contributed by atoms with E-state index in [9.17, 15) is 9.59 Å². The zero-order chi connectivity index (χ0) is 24.5. The minimum absolute atomic E-state index is 0.0403.